The van der Waals surface area contributed by atoms with Gasteiger partial charge in [-0.3, -0.25) is 4.79 Å². The molecule has 2 aliphatic heterocycles. The number of para-hydroxylation sites is 2. The van der Waals surface area contributed by atoms with Gasteiger partial charge in [0.05, 0.1) is 39.7 Å². The van der Waals surface area contributed by atoms with E-state index in [0.717, 1.165) is 0 Å². The first-order chi connectivity index (χ1) is 15.9. The fourth-order valence-electron chi connectivity index (χ4n) is 3.77. The normalized spacial score (nSPS) is 18.7. The van der Waals surface area contributed by atoms with E-state index in [4.69, 9.17) is 18.9 Å². The number of esters is 1. The van der Waals surface area contributed by atoms with Gasteiger partial charge in [0.15, 0.2) is 0 Å². The van der Waals surface area contributed by atoms with Gasteiger partial charge >= 0.3 is 5.97 Å². The fourth-order valence-corrected chi connectivity index (χ4v) is 5.36. The molecule has 2 aromatic rings. The Morgan fingerprint density at radius 2 is 1.79 bits per heavy atom. The van der Waals surface area contributed by atoms with Crippen LogP contribution < -0.4 is 14.4 Å². The van der Waals surface area contributed by atoms with Crippen molar-refractivity contribution < 1.29 is 37.0 Å². The van der Waals surface area contributed by atoms with E-state index in [1.165, 1.54) is 41.6 Å². The molecule has 4 rings (SSSR count). The monoisotopic (exact) mass is 476 g/mol. The summed E-state index contributed by atoms with van der Waals surface area (Å²) >= 11 is 0. The van der Waals surface area contributed by atoms with Crippen LogP contribution in [0.5, 0.6) is 11.5 Å². The Balaban J connectivity index is 1.73. The van der Waals surface area contributed by atoms with Crippen LogP contribution in [0.2, 0.25) is 0 Å². The number of benzene rings is 2. The number of amides is 1. The van der Waals surface area contributed by atoms with Crippen LogP contribution in [0.15, 0.2) is 47.4 Å². The largest absolute Gasteiger partial charge is 0.495 e. The molecule has 2 aromatic carbocycles. The number of methoxy groups -OCH3 is 2. The maximum Gasteiger partial charge on any atom is 0.348 e. The number of ether oxygens (including phenoxy) is 4. The zero-order valence-electron chi connectivity index (χ0n) is 18.2. The topological polar surface area (TPSA) is 112 Å². The fraction of sp³-hybridized carbons (Fsp3) is 0.364. The van der Waals surface area contributed by atoms with Crippen molar-refractivity contribution in [3.8, 4) is 11.5 Å². The van der Waals surface area contributed by atoms with Crippen molar-refractivity contribution in [3.05, 3.63) is 48.0 Å². The molecule has 0 unspecified atom stereocenters. The Morgan fingerprint density at radius 1 is 1.06 bits per heavy atom. The van der Waals surface area contributed by atoms with E-state index in [1.807, 2.05) is 0 Å². The number of rotatable bonds is 5. The summed E-state index contributed by atoms with van der Waals surface area (Å²) in [5.74, 6) is -0.622. The van der Waals surface area contributed by atoms with Gasteiger partial charge in [-0.25, -0.2) is 13.2 Å². The summed E-state index contributed by atoms with van der Waals surface area (Å²) in [5.41, 5.74) is 0.596. The Bertz CT molecular complexity index is 1160. The molecule has 0 N–H and O–H groups in total. The van der Waals surface area contributed by atoms with Crippen LogP contribution in [0, 0.1) is 0 Å². The molecule has 0 saturated carbocycles. The standard InChI is InChI=1S/C22H24N2O8S/c1-29-18-8-7-15(13-20(18)33(27,28)23-9-11-31-12-10-23)21(25)24-14-19(22(26)30-2)32-17-6-4-3-5-16(17)24/h3-8,13,19H,9-12,14H2,1-2H3/t19-/m1/s1. The molecule has 1 saturated heterocycles. The van der Waals surface area contributed by atoms with E-state index in [9.17, 15) is 18.0 Å². The predicted molar refractivity (Wildman–Crippen MR) is 117 cm³/mol. The lowest BCUT2D eigenvalue weighted by molar-refractivity contribution is -0.148. The quantitative estimate of drug-likeness (QED) is 0.594. The number of carbonyl (C=O) groups excluding carboxylic acids is 2. The van der Waals surface area contributed by atoms with Crippen molar-refractivity contribution in [3.63, 3.8) is 0 Å². The highest BCUT2D eigenvalue weighted by Crippen LogP contribution is 2.35. The van der Waals surface area contributed by atoms with Crippen molar-refractivity contribution in [1.29, 1.82) is 0 Å². The molecule has 1 fully saturated rings. The summed E-state index contributed by atoms with van der Waals surface area (Å²) < 4.78 is 48.9. The van der Waals surface area contributed by atoms with Crippen LogP contribution in [-0.4, -0.2) is 77.8 Å². The summed E-state index contributed by atoms with van der Waals surface area (Å²) in [6.45, 7) is 0.919. The number of anilines is 1. The van der Waals surface area contributed by atoms with E-state index in [1.54, 1.807) is 24.3 Å². The summed E-state index contributed by atoms with van der Waals surface area (Å²) in [6.07, 6.45) is -1.01. The molecule has 10 nitrogen and oxygen atoms in total. The molecule has 33 heavy (non-hydrogen) atoms. The molecule has 176 valence electrons. The van der Waals surface area contributed by atoms with Crippen LogP contribution in [-0.2, 0) is 24.3 Å². The number of nitrogens with zero attached hydrogens (tertiary/aromatic N) is 2. The van der Waals surface area contributed by atoms with Crippen molar-refractivity contribution in [2.75, 3.05) is 52.0 Å². The summed E-state index contributed by atoms with van der Waals surface area (Å²) in [7, 11) is -1.31. The Morgan fingerprint density at radius 3 is 2.48 bits per heavy atom. The molecular formula is C22H24N2O8S. The van der Waals surface area contributed by atoms with E-state index >= 15 is 0 Å². The minimum absolute atomic E-state index is 0.0832. The first kappa shape index (κ1) is 23.0. The van der Waals surface area contributed by atoms with Gasteiger partial charge in [0.25, 0.3) is 5.91 Å². The van der Waals surface area contributed by atoms with E-state index < -0.39 is 28.0 Å². The lowest BCUT2D eigenvalue weighted by atomic mass is 10.1. The third-order valence-corrected chi connectivity index (χ3v) is 7.40. The number of hydrogen-bond acceptors (Lipinski definition) is 8. The van der Waals surface area contributed by atoms with Crippen molar-refractivity contribution in [1.82, 2.24) is 4.31 Å². The van der Waals surface area contributed by atoms with Crippen molar-refractivity contribution in [2.24, 2.45) is 0 Å². The first-order valence-electron chi connectivity index (χ1n) is 10.3. The highest BCUT2D eigenvalue weighted by molar-refractivity contribution is 7.89. The summed E-state index contributed by atoms with van der Waals surface area (Å²) in [5, 5.41) is 0. The third-order valence-electron chi connectivity index (χ3n) is 5.48. The van der Waals surface area contributed by atoms with E-state index in [0.29, 0.717) is 24.7 Å². The van der Waals surface area contributed by atoms with Crippen LogP contribution >= 0.6 is 0 Å². The Hall–Kier alpha value is -3.15. The Kier molecular flexibility index (Phi) is 6.54. The van der Waals surface area contributed by atoms with Gasteiger partial charge < -0.3 is 23.8 Å². The molecule has 11 heteroatoms. The zero-order chi connectivity index (χ0) is 23.6. The second-order valence-electron chi connectivity index (χ2n) is 7.40. The summed E-state index contributed by atoms with van der Waals surface area (Å²) in [4.78, 5) is 26.9. The van der Waals surface area contributed by atoms with Gasteiger partial charge in [0, 0.05) is 18.7 Å². The molecule has 2 heterocycles. The SMILES string of the molecule is COC(=O)[C@H]1CN(C(=O)c2ccc(OC)c(S(=O)(=O)N3CCOCC3)c2)c2ccccc2O1. The van der Waals surface area contributed by atoms with Crippen molar-refractivity contribution in [2.45, 2.75) is 11.0 Å². The van der Waals surface area contributed by atoms with E-state index in [2.05, 4.69) is 0 Å². The molecule has 0 spiro atoms. The lowest BCUT2D eigenvalue weighted by Gasteiger charge is -2.33. The molecule has 2 aliphatic rings. The van der Waals surface area contributed by atoms with Gasteiger partial charge in [0.2, 0.25) is 16.1 Å². The maximum absolute atomic E-state index is 13.5. The smallest absolute Gasteiger partial charge is 0.348 e. The highest BCUT2D eigenvalue weighted by atomic mass is 32.2. The third kappa shape index (κ3) is 4.39. The van der Waals surface area contributed by atoms with Crippen LogP contribution in [0.4, 0.5) is 5.69 Å². The van der Waals surface area contributed by atoms with Gasteiger partial charge in [-0.2, -0.15) is 4.31 Å². The first-order valence-corrected chi connectivity index (χ1v) is 11.7. The van der Waals surface area contributed by atoms with Crippen LogP contribution in [0.3, 0.4) is 0 Å². The second kappa shape index (κ2) is 9.38. The number of carbonyl (C=O) groups is 2. The Labute approximate surface area is 191 Å². The van der Waals surface area contributed by atoms with Gasteiger partial charge in [-0.1, -0.05) is 12.1 Å². The lowest BCUT2D eigenvalue weighted by Crippen LogP contribution is -2.47. The minimum atomic E-state index is -3.92. The minimum Gasteiger partial charge on any atom is -0.495 e. The molecular weight excluding hydrogens is 452 g/mol. The molecule has 0 aromatic heterocycles. The molecule has 1 atom stereocenters. The molecule has 1 amide bonds. The van der Waals surface area contributed by atoms with Gasteiger partial charge in [0.1, 0.15) is 16.4 Å². The number of fused-ring (bicyclic) bond motifs is 1. The van der Waals surface area contributed by atoms with E-state index in [-0.39, 0.29) is 35.8 Å². The maximum atomic E-state index is 13.5. The number of morpholine rings is 1. The second-order valence-corrected chi connectivity index (χ2v) is 9.30. The van der Waals surface area contributed by atoms with Crippen LogP contribution in [0.1, 0.15) is 10.4 Å². The molecule has 0 radical (unpaired) electrons. The zero-order valence-corrected chi connectivity index (χ0v) is 19.0. The van der Waals surface area contributed by atoms with Crippen molar-refractivity contribution >= 4 is 27.6 Å². The van der Waals surface area contributed by atoms with Gasteiger partial charge in [-0.05, 0) is 30.3 Å². The van der Waals surface area contributed by atoms with Gasteiger partial charge in [-0.15, -0.1) is 0 Å². The number of hydrogen-bond donors (Lipinski definition) is 0. The average Bonchev–Trinajstić information content (AvgIpc) is 2.87. The highest BCUT2D eigenvalue weighted by Gasteiger charge is 2.36. The average molecular weight is 477 g/mol. The molecule has 0 bridgehead atoms. The summed E-state index contributed by atoms with van der Waals surface area (Å²) in [6, 6.07) is 11.0. The van der Waals surface area contributed by atoms with Crippen LogP contribution in [0.25, 0.3) is 0 Å². The molecule has 0 aliphatic carbocycles. The predicted octanol–water partition coefficient (Wildman–Crippen LogP) is 1.30. The number of sulfonamides is 1.